The van der Waals surface area contributed by atoms with Crippen molar-refractivity contribution in [3.63, 3.8) is 0 Å². The molecule has 0 aliphatic heterocycles. The third-order valence-corrected chi connectivity index (χ3v) is 3.96. The standard InChI is InChI=1S/C15H23N3O/c1-18(10-8-12-3-2-9-17-11-12)15(19)13-4-6-14(16)7-5-13/h2-3,9,11,13-14H,4-8,10,16H2,1H3. The zero-order valence-corrected chi connectivity index (χ0v) is 11.6. The second-order valence-corrected chi connectivity index (χ2v) is 5.48. The van der Waals surface area contributed by atoms with Gasteiger partial charge >= 0.3 is 0 Å². The zero-order chi connectivity index (χ0) is 13.7. The molecule has 1 aliphatic carbocycles. The summed E-state index contributed by atoms with van der Waals surface area (Å²) >= 11 is 0. The van der Waals surface area contributed by atoms with Crippen LogP contribution in [0, 0.1) is 5.92 Å². The Hall–Kier alpha value is -1.42. The van der Waals surface area contributed by atoms with E-state index < -0.39 is 0 Å². The fraction of sp³-hybridized carbons (Fsp3) is 0.600. The summed E-state index contributed by atoms with van der Waals surface area (Å²) in [6, 6.07) is 4.27. The molecule has 0 saturated heterocycles. The molecule has 0 spiro atoms. The molecule has 19 heavy (non-hydrogen) atoms. The highest BCUT2D eigenvalue weighted by Crippen LogP contribution is 2.24. The van der Waals surface area contributed by atoms with E-state index in [1.807, 2.05) is 30.3 Å². The van der Waals surface area contributed by atoms with E-state index in [1.165, 1.54) is 5.56 Å². The summed E-state index contributed by atoms with van der Waals surface area (Å²) in [7, 11) is 1.90. The van der Waals surface area contributed by atoms with Gasteiger partial charge in [0.1, 0.15) is 0 Å². The third kappa shape index (κ3) is 4.03. The van der Waals surface area contributed by atoms with Crippen LogP contribution in [0.5, 0.6) is 0 Å². The number of carbonyl (C=O) groups is 1. The van der Waals surface area contributed by atoms with Gasteiger partial charge in [-0.3, -0.25) is 9.78 Å². The van der Waals surface area contributed by atoms with Crippen molar-refractivity contribution in [2.24, 2.45) is 11.7 Å². The summed E-state index contributed by atoms with van der Waals surface area (Å²) in [6.45, 7) is 0.757. The van der Waals surface area contributed by atoms with Crippen LogP contribution in [-0.2, 0) is 11.2 Å². The van der Waals surface area contributed by atoms with E-state index in [2.05, 4.69) is 4.98 Å². The minimum Gasteiger partial charge on any atom is -0.345 e. The minimum absolute atomic E-state index is 0.179. The Morgan fingerprint density at radius 2 is 2.16 bits per heavy atom. The molecule has 0 radical (unpaired) electrons. The first-order valence-corrected chi connectivity index (χ1v) is 7.06. The van der Waals surface area contributed by atoms with Crippen LogP contribution in [0.3, 0.4) is 0 Å². The molecule has 1 aliphatic rings. The number of nitrogens with zero attached hydrogens (tertiary/aromatic N) is 2. The molecule has 0 unspecified atom stereocenters. The van der Waals surface area contributed by atoms with Crippen molar-refractivity contribution in [1.29, 1.82) is 0 Å². The van der Waals surface area contributed by atoms with E-state index in [-0.39, 0.29) is 11.8 Å². The van der Waals surface area contributed by atoms with Gasteiger partial charge in [-0.15, -0.1) is 0 Å². The lowest BCUT2D eigenvalue weighted by Gasteiger charge is -2.29. The zero-order valence-electron chi connectivity index (χ0n) is 11.6. The third-order valence-electron chi connectivity index (χ3n) is 3.96. The molecule has 4 nitrogen and oxygen atoms in total. The van der Waals surface area contributed by atoms with Gasteiger partial charge < -0.3 is 10.6 Å². The Kier molecular flexibility index (Phi) is 4.91. The minimum atomic E-state index is 0.179. The molecule has 1 aromatic rings. The Morgan fingerprint density at radius 1 is 1.42 bits per heavy atom. The van der Waals surface area contributed by atoms with Crippen molar-refractivity contribution in [2.75, 3.05) is 13.6 Å². The van der Waals surface area contributed by atoms with Crippen molar-refractivity contribution in [1.82, 2.24) is 9.88 Å². The van der Waals surface area contributed by atoms with Crippen LogP contribution in [-0.4, -0.2) is 35.4 Å². The number of carbonyl (C=O) groups excluding carboxylic acids is 1. The fourth-order valence-electron chi connectivity index (χ4n) is 2.63. The molecule has 1 heterocycles. The molecule has 0 bridgehead atoms. The second-order valence-electron chi connectivity index (χ2n) is 5.48. The van der Waals surface area contributed by atoms with E-state index in [9.17, 15) is 4.79 Å². The Labute approximate surface area is 115 Å². The molecule has 4 heteroatoms. The molecule has 1 aromatic heterocycles. The maximum atomic E-state index is 12.3. The fourth-order valence-corrected chi connectivity index (χ4v) is 2.63. The summed E-state index contributed by atoms with van der Waals surface area (Å²) in [5.41, 5.74) is 7.05. The van der Waals surface area contributed by atoms with E-state index in [0.29, 0.717) is 6.04 Å². The number of hydrogen-bond donors (Lipinski definition) is 1. The van der Waals surface area contributed by atoms with Crippen molar-refractivity contribution in [3.8, 4) is 0 Å². The molecule has 1 amide bonds. The maximum Gasteiger partial charge on any atom is 0.225 e. The van der Waals surface area contributed by atoms with Gasteiger partial charge in [-0.25, -0.2) is 0 Å². The molecule has 104 valence electrons. The van der Waals surface area contributed by atoms with Crippen LogP contribution in [0.25, 0.3) is 0 Å². The number of aromatic nitrogens is 1. The van der Waals surface area contributed by atoms with Gasteiger partial charge in [-0.1, -0.05) is 6.07 Å². The van der Waals surface area contributed by atoms with Crippen molar-refractivity contribution in [3.05, 3.63) is 30.1 Å². The molecule has 1 fully saturated rings. The predicted octanol–water partition coefficient (Wildman–Crippen LogP) is 1.60. The monoisotopic (exact) mass is 261 g/mol. The van der Waals surface area contributed by atoms with Gasteiger partial charge in [0.2, 0.25) is 5.91 Å². The number of nitrogens with two attached hydrogens (primary N) is 1. The van der Waals surface area contributed by atoms with Gasteiger partial charge in [0.05, 0.1) is 0 Å². The number of pyridine rings is 1. The van der Waals surface area contributed by atoms with E-state index in [1.54, 1.807) is 6.20 Å². The van der Waals surface area contributed by atoms with Gasteiger partial charge in [0.25, 0.3) is 0 Å². The highest BCUT2D eigenvalue weighted by Gasteiger charge is 2.26. The summed E-state index contributed by atoms with van der Waals surface area (Å²) in [4.78, 5) is 18.2. The number of amides is 1. The summed E-state index contributed by atoms with van der Waals surface area (Å²) < 4.78 is 0. The first-order valence-electron chi connectivity index (χ1n) is 7.06. The van der Waals surface area contributed by atoms with Crippen LogP contribution in [0.4, 0.5) is 0 Å². The lowest BCUT2D eigenvalue weighted by atomic mass is 9.85. The first kappa shape index (κ1) is 14.0. The van der Waals surface area contributed by atoms with Crippen LogP contribution in [0.2, 0.25) is 0 Å². The molecular formula is C15H23N3O. The molecular weight excluding hydrogens is 238 g/mol. The largest absolute Gasteiger partial charge is 0.345 e. The van der Waals surface area contributed by atoms with E-state index in [0.717, 1.165) is 38.6 Å². The lowest BCUT2D eigenvalue weighted by Crippen LogP contribution is -2.38. The van der Waals surface area contributed by atoms with E-state index >= 15 is 0 Å². The predicted molar refractivity (Wildman–Crippen MR) is 75.5 cm³/mol. The summed E-state index contributed by atoms with van der Waals surface area (Å²) in [5.74, 6) is 0.453. The topological polar surface area (TPSA) is 59.2 Å². The molecule has 0 atom stereocenters. The Balaban J connectivity index is 1.79. The number of likely N-dealkylation sites (N-methyl/N-ethyl adjacent to an activating group) is 1. The van der Waals surface area contributed by atoms with E-state index in [4.69, 9.17) is 5.73 Å². The normalized spacial score (nSPS) is 23.1. The SMILES string of the molecule is CN(CCc1cccnc1)C(=O)C1CCC(N)CC1. The van der Waals surface area contributed by atoms with Gasteiger partial charge in [-0.05, 0) is 43.7 Å². The molecule has 2 rings (SSSR count). The van der Waals surface area contributed by atoms with Crippen LogP contribution >= 0.6 is 0 Å². The molecule has 0 aromatic carbocycles. The number of hydrogen-bond acceptors (Lipinski definition) is 3. The van der Waals surface area contributed by atoms with Crippen LogP contribution < -0.4 is 5.73 Å². The highest BCUT2D eigenvalue weighted by atomic mass is 16.2. The van der Waals surface area contributed by atoms with Gasteiger partial charge in [0, 0.05) is 37.9 Å². The molecule has 1 saturated carbocycles. The lowest BCUT2D eigenvalue weighted by molar-refractivity contribution is -0.135. The van der Waals surface area contributed by atoms with Gasteiger partial charge in [0.15, 0.2) is 0 Å². The number of rotatable bonds is 4. The summed E-state index contributed by atoms with van der Waals surface area (Å²) in [6.07, 6.45) is 8.33. The smallest absolute Gasteiger partial charge is 0.225 e. The highest BCUT2D eigenvalue weighted by molar-refractivity contribution is 5.78. The summed E-state index contributed by atoms with van der Waals surface area (Å²) in [5, 5.41) is 0. The average Bonchev–Trinajstić information content (AvgIpc) is 2.46. The van der Waals surface area contributed by atoms with Crippen molar-refractivity contribution < 1.29 is 4.79 Å². The quantitative estimate of drug-likeness (QED) is 0.895. The second kappa shape index (κ2) is 6.66. The Bertz CT molecular complexity index is 399. The Morgan fingerprint density at radius 3 is 2.79 bits per heavy atom. The first-order chi connectivity index (χ1) is 9.16. The average molecular weight is 261 g/mol. The van der Waals surface area contributed by atoms with Crippen LogP contribution in [0.15, 0.2) is 24.5 Å². The van der Waals surface area contributed by atoms with Gasteiger partial charge in [-0.2, -0.15) is 0 Å². The van der Waals surface area contributed by atoms with Crippen LogP contribution in [0.1, 0.15) is 31.2 Å². The van der Waals surface area contributed by atoms with Crippen molar-refractivity contribution >= 4 is 5.91 Å². The maximum absolute atomic E-state index is 12.3. The molecule has 2 N–H and O–H groups in total. The van der Waals surface area contributed by atoms with Crippen molar-refractivity contribution in [2.45, 2.75) is 38.1 Å².